The fraction of sp³-hybridized carbons (Fsp3) is 0.267. The van der Waals surface area contributed by atoms with E-state index in [-0.39, 0.29) is 5.91 Å². The second-order valence-electron chi connectivity index (χ2n) is 4.43. The van der Waals surface area contributed by atoms with Gasteiger partial charge in [-0.1, -0.05) is 45.1 Å². The van der Waals surface area contributed by atoms with E-state index in [1.807, 2.05) is 24.3 Å². The minimum atomic E-state index is -0.0826. The van der Waals surface area contributed by atoms with Gasteiger partial charge in [-0.3, -0.25) is 4.79 Å². The van der Waals surface area contributed by atoms with Gasteiger partial charge in [0.05, 0.1) is 6.61 Å². The highest BCUT2D eigenvalue weighted by molar-refractivity contribution is 9.10. The number of nitrogens with zero attached hydrogens (tertiary/aromatic N) is 2. The molecule has 0 saturated heterocycles. The lowest BCUT2D eigenvalue weighted by Gasteiger charge is -2.05. The summed E-state index contributed by atoms with van der Waals surface area (Å²) in [7, 11) is 0. The Labute approximate surface area is 151 Å². The van der Waals surface area contributed by atoms with Crippen LogP contribution in [0.2, 0.25) is 0 Å². The summed E-state index contributed by atoms with van der Waals surface area (Å²) in [6.45, 7) is 4.14. The van der Waals surface area contributed by atoms with Crippen molar-refractivity contribution < 1.29 is 9.53 Å². The number of ether oxygens (including phenoxy) is 1. The van der Waals surface area contributed by atoms with Crippen LogP contribution < -0.4 is 10.1 Å². The number of halogens is 1. The van der Waals surface area contributed by atoms with Gasteiger partial charge in [-0.05, 0) is 30.7 Å². The minimum absolute atomic E-state index is 0.0826. The van der Waals surface area contributed by atoms with Gasteiger partial charge in [-0.25, -0.2) is 0 Å². The quantitative estimate of drug-likeness (QED) is 0.286. The van der Waals surface area contributed by atoms with Crippen LogP contribution >= 0.6 is 39.0 Å². The molecule has 1 heterocycles. The van der Waals surface area contributed by atoms with E-state index in [9.17, 15) is 4.79 Å². The molecule has 0 fully saturated rings. The Balaban J connectivity index is 1.65. The molecule has 0 aliphatic rings. The molecule has 23 heavy (non-hydrogen) atoms. The minimum Gasteiger partial charge on any atom is -0.494 e. The van der Waals surface area contributed by atoms with Gasteiger partial charge >= 0.3 is 0 Å². The van der Waals surface area contributed by atoms with E-state index in [1.165, 1.54) is 11.3 Å². The molecular weight excluding hydrogens is 398 g/mol. The van der Waals surface area contributed by atoms with E-state index in [0.717, 1.165) is 20.3 Å². The number of thioether (sulfide) groups is 1. The van der Waals surface area contributed by atoms with Crippen LogP contribution in [0.5, 0.6) is 5.75 Å². The molecule has 8 heteroatoms. The lowest BCUT2D eigenvalue weighted by Crippen LogP contribution is -2.12. The third-order valence-electron chi connectivity index (χ3n) is 2.61. The summed E-state index contributed by atoms with van der Waals surface area (Å²) in [5.41, 5.74) is 0. The number of carbonyl (C=O) groups excluding carboxylic acids is 1. The van der Waals surface area contributed by atoms with Crippen molar-refractivity contribution in [1.82, 2.24) is 10.2 Å². The van der Waals surface area contributed by atoms with E-state index < -0.39 is 0 Å². The molecule has 0 aliphatic carbocycles. The molecule has 0 radical (unpaired) electrons. The molecule has 2 rings (SSSR count). The van der Waals surface area contributed by atoms with Crippen molar-refractivity contribution in [3.05, 3.63) is 41.4 Å². The maximum absolute atomic E-state index is 11.8. The van der Waals surface area contributed by atoms with Crippen LogP contribution in [0.25, 0.3) is 0 Å². The van der Waals surface area contributed by atoms with Crippen molar-refractivity contribution in [1.29, 1.82) is 0 Å². The third-order valence-corrected chi connectivity index (χ3v) is 5.10. The van der Waals surface area contributed by atoms with Crippen LogP contribution in [0.4, 0.5) is 5.13 Å². The van der Waals surface area contributed by atoms with E-state index in [4.69, 9.17) is 4.74 Å². The van der Waals surface area contributed by atoms with E-state index in [1.54, 1.807) is 17.8 Å². The van der Waals surface area contributed by atoms with Crippen LogP contribution in [-0.4, -0.2) is 28.5 Å². The Morgan fingerprint density at radius 1 is 1.39 bits per heavy atom. The summed E-state index contributed by atoms with van der Waals surface area (Å²) in [6, 6.07) is 7.60. The second-order valence-corrected chi connectivity index (χ2v) is 7.59. The maximum atomic E-state index is 11.8. The van der Waals surface area contributed by atoms with Gasteiger partial charge in [-0.15, -0.1) is 16.8 Å². The van der Waals surface area contributed by atoms with Crippen molar-refractivity contribution in [3.8, 4) is 5.75 Å². The Morgan fingerprint density at radius 2 is 2.17 bits per heavy atom. The number of anilines is 1. The molecule has 122 valence electrons. The molecule has 0 aliphatic heterocycles. The molecule has 0 unspecified atom stereocenters. The van der Waals surface area contributed by atoms with Crippen molar-refractivity contribution in [2.75, 3.05) is 17.7 Å². The number of aromatic nitrogens is 2. The summed E-state index contributed by atoms with van der Waals surface area (Å²) in [5, 5.41) is 11.2. The van der Waals surface area contributed by atoms with Gasteiger partial charge in [0.1, 0.15) is 5.75 Å². The first-order valence-electron chi connectivity index (χ1n) is 6.93. The number of hydrogen-bond donors (Lipinski definition) is 1. The molecule has 0 bridgehead atoms. The van der Waals surface area contributed by atoms with E-state index >= 15 is 0 Å². The molecule has 1 amide bonds. The molecule has 1 aromatic heterocycles. The van der Waals surface area contributed by atoms with Gasteiger partial charge in [0.15, 0.2) is 4.34 Å². The van der Waals surface area contributed by atoms with Crippen molar-refractivity contribution in [2.24, 2.45) is 0 Å². The van der Waals surface area contributed by atoms with Crippen LogP contribution in [0.1, 0.15) is 12.8 Å². The molecule has 0 atom stereocenters. The average Bonchev–Trinajstić information content (AvgIpc) is 2.98. The van der Waals surface area contributed by atoms with Crippen LogP contribution in [0.15, 0.2) is 45.7 Å². The van der Waals surface area contributed by atoms with Crippen molar-refractivity contribution in [3.63, 3.8) is 0 Å². The third kappa shape index (κ3) is 6.72. The highest BCUT2D eigenvalue weighted by Gasteiger charge is 2.08. The number of amides is 1. The lowest BCUT2D eigenvalue weighted by atomic mass is 10.3. The summed E-state index contributed by atoms with van der Waals surface area (Å²) in [4.78, 5) is 11.8. The molecule has 5 nitrogen and oxygen atoms in total. The first-order valence-corrected chi connectivity index (χ1v) is 9.52. The predicted octanol–water partition coefficient (Wildman–Crippen LogP) is 4.38. The fourth-order valence-electron chi connectivity index (χ4n) is 1.58. The SMILES string of the molecule is C=CCSc1nnc(NC(=O)CCCOc2ccc(Br)cc2)s1. The summed E-state index contributed by atoms with van der Waals surface area (Å²) in [6.07, 6.45) is 2.82. The Kier molecular flexibility index (Phi) is 7.57. The Bertz CT molecular complexity index is 646. The first-order chi connectivity index (χ1) is 11.2. The molecule has 1 N–H and O–H groups in total. The fourth-order valence-corrected chi connectivity index (χ4v) is 3.38. The predicted molar refractivity (Wildman–Crippen MR) is 98.3 cm³/mol. The van der Waals surface area contributed by atoms with Gasteiger partial charge in [0.2, 0.25) is 11.0 Å². The molecular formula is C15H16BrN3O2S2. The number of benzene rings is 1. The molecule has 0 saturated carbocycles. The summed E-state index contributed by atoms with van der Waals surface area (Å²) in [5.74, 6) is 1.48. The smallest absolute Gasteiger partial charge is 0.226 e. The number of nitrogens with one attached hydrogen (secondary N) is 1. The van der Waals surface area contributed by atoms with Crippen LogP contribution in [0.3, 0.4) is 0 Å². The van der Waals surface area contributed by atoms with E-state index in [2.05, 4.69) is 38.0 Å². The highest BCUT2D eigenvalue weighted by Crippen LogP contribution is 2.25. The van der Waals surface area contributed by atoms with Crippen molar-refractivity contribution >= 4 is 50.1 Å². The van der Waals surface area contributed by atoms with Crippen molar-refractivity contribution in [2.45, 2.75) is 17.2 Å². The maximum Gasteiger partial charge on any atom is 0.226 e. The number of hydrogen-bond acceptors (Lipinski definition) is 6. The highest BCUT2D eigenvalue weighted by atomic mass is 79.9. The number of rotatable bonds is 9. The molecule has 0 spiro atoms. The normalized spacial score (nSPS) is 10.3. The van der Waals surface area contributed by atoms with E-state index in [0.29, 0.717) is 24.6 Å². The van der Waals surface area contributed by atoms with Crippen LogP contribution in [0, 0.1) is 0 Å². The zero-order valence-corrected chi connectivity index (χ0v) is 15.5. The van der Waals surface area contributed by atoms with Gasteiger partial charge in [0, 0.05) is 16.6 Å². The topological polar surface area (TPSA) is 64.1 Å². The number of carbonyl (C=O) groups is 1. The second kappa shape index (κ2) is 9.69. The lowest BCUT2D eigenvalue weighted by molar-refractivity contribution is -0.116. The van der Waals surface area contributed by atoms with Gasteiger partial charge in [-0.2, -0.15) is 0 Å². The summed E-state index contributed by atoms with van der Waals surface area (Å²) >= 11 is 6.27. The average molecular weight is 414 g/mol. The largest absolute Gasteiger partial charge is 0.494 e. The van der Waals surface area contributed by atoms with Gasteiger partial charge < -0.3 is 10.1 Å². The Morgan fingerprint density at radius 3 is 2.91 bits per heavy atom. The summed E-state index contributed by atoms with van der Waals surface area (Å²) < 4.78 is 7.40. The zero-order valence-electron chi connectivity index (χ0n) is 12.3. The van der Waals surface area contributed by atoms with Gasteiger partial charge in [0.25, 0.3) is 0 Å². The first kappa shape index (κ1) is 18.0. The Hall–Kier alpha value is -1.38. The molecule has 1 aromatic carbocycles. The van der Waals surface area contributed by atoms with Crippen LogP contribution in [-0.2, 0) is 4.79 Å². The molecule has 2 aromatic rings. The standard InChI is InChI=1S/C15H16BrN3O2S2/c1-2-10-22-15-19-18-14(23-15)17-13(20)4-3-9-21-12-7-5-11(16)6-8-12/h2,5-8H,1,3-4,9-10H2,(H,17,18,20). The monoisotopic (exact) mass is 413 g/mol. The zero-order chi connectivity index (χ0) is 16.5.